The Kier molecular flexibility index (Phi) is 15.9. The highest BCUT2D eigenvalue weighted by Gasteiger charge is 2.08. The molecule has 6 aromatic rings. The van der Waals surface area contributed by atoms with Gasteiger partial charge in [0.25, 0.3) is 0 Å². The highest BCUT2D eigenvalue weighted by molar-refractivity contribution is 6.30. The van der Waals surface area contributed by atoms with Gasteiger partial charge >= 0.3 is 0 Å². The van der Waals surface area contributed by atoms with E-state index < -0.39 is 0 Å². The molecule has 0 saturated heterocycles. The molecule has 3 heterocycles. The molecule has 0 radical (unpaired) electrons. The van der Waals surface area contributed by atoms with E-state index in [1.165, 1.54) is 5.56 Å². The SMILES string of the molecule is CN(C)c1nc(N)nc(NCCc2ccc(Cl)cc2)n1.CN(C)c1nc(N)nc(NCc2ccc(Cl)cc2)n1.Cc1cccc(Nc2nc(N)nc(N(C)C)n2)c1. The van der Waals surface area contributed by atoms with Gasteiger partial charge in [0.05, 0.1) is 0 Å². The van der Waals surface area contributed by atoms with Crippen LogP contribution in [0.1, 0.15) is 16.7 Å². The Hall–Kier alpha value is -6.53. The van der Waals surface area contributed by atoms with Crippen LogP contribution in [0.5, 0.6) is 0 Å². The summed E-state index contributed by atoms with van der Waals surface area (Å²) in [7, 11) is 11.1. The van der Waals surface area contributed by atoms with Gasteiger partial charge in [0.1, 0.15) is 0 Å². The van der Waals surface area contributed by atoms with Crippen LogP contribution in [0.2, 0.25) is 10.0 Å². The second-order valence-corrected chi connectivity index (χ2v) is 13.8. The summed E-state index contributed by atoms with van der Waals surface area (Å²) in [6, 6.07) is 23.2. The van der Waals surface area contributed by atoms with Crippen LogP contribution in [-0.4, -0.2) is 93.7 Å². The molecule has 0 aliphatic heterocycles. The van der Waals surface area contributed by atoms with Crippen molar-refractivity contribution in [1.82, 2.24) is 44.9 Å². The minimum atomic E-state index is 0.192. The van der Waals surface area contributed by atoms with E-state index in [0.29, 0.717) is 53.8 Å². The number of nitrogens with zero attached hydrogens (tertiary/aromatic N) is 12. The van der Waals surface area contributed by atoms with Gasteiger partial charge in [-0.05, 0) is 66.4 Å². The van der Waals surface area contributed by atoms with Crippen molar-refractivity contribution in [1.29, 1.82) is 0 Å². The number of anilines is 10. The predicted octanol–water partition coefficient (Wildman–Crippen LogP) is 5.18. The van der Waals surface area contributed by atoms with E-state index in [1.807, 2.05) is 122 Å². The van der Waals surface area contributed by atoms with Gasteiger partial charge in [-0.3, -0.25) is 0 Å². The molecule has 0 aliphatic rings. The highest BCUT2D eigenvalue weighted by Crippen LogP contribution is 2.17. The Labute approximate surface area is 342 Å². The molecule has 3 aromatic heterocycles. The summed E-state index contributed by atoms with van der Waals surface area (Å²) in [4.78, 5) is 42.4. The topological polar surface area (TPSA) is 240 Å². The van der Waals surface area contributed by atoms with Crippen molar-refractivity contribution in [2.24, 2.45) is 0 Å². The van der Waals surface area contributed by atoms with Crippen molar-refractivity contribution in [3.05, 3.63) is 99.5 Å². The van der Waals surface area contributed by atoms with Gasteiger partial charge in [-0.2, -0.15) is 44.9 Å². The number of halogens is 2. The first kappa shape index (κ1) is 43.2. The van der Waals surface area contributed by atoms with E-state index in [1.54, 1.807) is 14.7 Å². The molecule has 0 bridgehead atoms. The van der Waals surface area contributed by atoms with Crippen LogP contribution in [0, 0.1) is 6.92 Å². The largest absolute Gasteiger partial charge is 0.368 e. The minimum Gasteiger partial charge on any atom is -0.368 e. The van der Waals surface area contributed by atoms with Crippen molar-refractivity contribution in [3.63, 3.8) is 0 Å². The number of hydrogen-bond acceptors (Lipinski definition) is 18. The fraction of sp³-hybridized carbons (Fsp3) is 0.270. The molecule has 9 N–H and O–H groups in total. The fourth-order valence-electron chi connectivity index (χ4n) is 4.56. The standard InChI is InChI=1S/C13H17ClN6.C12H15ClN6.C12H16N6/c1-20(2)13-18-11(15)17-12(19-13)16-8-7-9-3-5-10(14)6-4-9;1-19(2)12-17-10(14)16-11(18-12)15-7-8-3-5-9(13)6-4-8;1-8-5-4-6-9(7-8)14-11-15-10(13)16-12(17-11)18(2)3/h3-6H,7-8H2,1-2H3,(H3,15,16,17,18,19);3-6H,7H2,1-2H3,(H3,14,15,16,17,18);4-7H,1-3H3,(H3,13,14,15,16,17). The second kappa shape index (κ2) is 21.0. The maximum atomic E-state index is 5.84. The van der Waals surface area contributed by atoms with Gasteiger partial charge in [0, 0.05) is 71.1 Å². The number of nitrogens with two attached hydrogens (primary N) is 3. The van der Waals surface area contributed by atoms with Crippen molar-refractivity contribution in [3.8, 4) is 0 Å². The Morgan fingerprint density at radius 2 is 0.965 bits per heavy atom. The van der Waals surface area contributed by atoms with E-state index in [0.717, 1.165) is 28.3 Å². The summed E-state index contributed by atoms with van der Waals surface area (Å²) >= 11 is 11.7. The van der Waals surface area contributed by atoms with Gasteiger partial charge < -0.3 is 47.9 Å². The smallest absolute Gasteiger partial charge is 0.233 e. The van der Waals surface area contributed by atoms with Gasteiger partial charge in [0.2, 0.25) is 53.5 Å². The number of rotatable bonds is 12. The number of aromatic nitrogens is 9. The Morgan fingerprint density at radius 3 is 1.44 bits per heavy atom. The van der Waals surface area contributed by atoms with Crippen LogP contribution in [0.15, 0.2) is 72.8 Å². The quantitative estimate of drug-likeness (QED) is 0.0932. The Morgan fingerprint density at radius 1 is 0.526 bits per heavy atom. The molecule has 18 nitrogen and oxygen atoms in total. The Balaban J connectivity index is 0.000000190. The van der Waals surface area contributed by atoms with Crippen molar-refractivity contribution in [2.45, 2.75) is 19.9 Å². The molecule has 20 heteroatoms. The third kappa shape index (κ3) is 14.9. The summed E-state index contributed by atoms with van der Waals surface area (Å²) in [5, 5.41) is 10.8. The summed E-state index contributed by atoms with van der Waals surface area (Å²) < 4.78 is 0. The van der Waals surface area contributed by atoms with Gasteiger partial charge in [-0.15, -0.1) is 0 Å². The molecule has 0 atom stereocenters. The summed E-state index contributed by atoms with van der Waals surface area (Å²) in [6.45, 7) is 3.32. The Bertz CT molecular complexity index is 2170. The van der Waals surface area contributed by atoms with Crippen molar-refractivity contribution in [2.75, 3.05) is 96.7 Å². The van der Waals surface area contributed by atoms with E-state index in [4.69, 9.17) is 40.4 Å². The average molecular weight is 816 g/mol. The minimum absolute atomic E-state index is 0.192. The van der Waals surface area contributed by atoms with Gasteiger partial charge in [-0.25, -0.2) is 0 Å². The first-order valence-electron chi connectivity index (χ1n) is 17.5. The van der Waals surface area contributed by atoms with Crippen LogP contribution in [-0.2, 0) is 13.0 Å². The summed E-state index contributed by atoms with van der Waals surface area (Å²) in [5.41, 5.74) is 21.3. The lowest BCUT2D eigenvalue weighted by atomic mass is 10.1. The third-order valence-electron chi connectivity index (χ3n) is 7.37. The van der Waals surface area contributed by atoms with Crippen LogP contribution in [0.25, 0.3) is 0 Å². The summed E-state index contributed by atoms with van der Waals surface area (Å²) in [5.74, 6) is 3.55. The van der Waals surface area contributed by atoms with Crippen molar-refractivity contribution < 1.29 is 0 Å². The normalized spacial score (nSPS) is 10.3. The second-order valence-electron chi connectivity index (χ2n) is 12.9. The number of nitrogen functional groups attached to an aromatic ring is 3. The maximum absolute atomic E-state index is 5.84. The number of benzene rings is 3. The van der Waals surface area contributed by atoms with Crippen molar-refractivity contribution >= 4 is 82.4 Å². The number of aryl methyl sites for hydroxylation is 1. The molecule has 0 amide bonds. The highest BCUT2D eigenvalue weighted by atomic mass is 35.5. The molecule has 0 saturated carbocycles. The van der Waals surface area contributed by atoms with E-state index in [9.17, 15) is 0 Å². The van der Waals surface area contributed by atoms with E-state index in [2.05, 4.69) is 60.8 Å². The molecule has 0 fully saturated rings. The first-order valence-corrected chi connectivity index (χ1v) is 18.3. The van der Waals surface area contributed by atoms with Crippen LogP contribution in [0.3, 0.4) is 0 Å². The van der Waals surface area contributed by atoms with E-state index >= 15 is 0 Å². The number of hydrogen-bond donors (Lipinski definition) is 6. The van der Waals surface area contributed by atoms with Crippen LogP contribution < -0.4 is 47.9 Å². The monoisotopic (exact) mass is 814 g/mol. The molecule has 3 aromatic carbocycles. The molecule has 0 aliphatic carbocycles. The average Bonchev–Trinajstić information content (AvgIpc) is 3.15. The molecular weight excluding hydrogens is 767 g/mol. The molecule has 300 valence electrons. The summed E-state index contributed by atoms with van der Waals surface area (Å²) in [6.07, 6.45) is 0.847. The third-order valence-corrected chi connectivity index (χ3v) is 7.87. The van der Waals surface area contributed by atoms with E-state index in [-0.39, 0.29) is 17.8 Å². The zero-order valence-electron chi connectivity index (χ0n) is 32.9. The van der Waals surface area contributed by atoms with Gasteiger partial charge in [0.15, 0.2) is 0 Å². The maximum Gasteiger partial charge on any atom is 0.233 e. The lowest BCUT2D eigenvalue weighted by molar-refractivity contribution is 0.935. The number of nitrogens with one attached hydrogen (secondary N) is 3. The fourth-order valence-corrected chi connectivity index (χ4v) is 4.81. The first-order chi connectivity index (χ1) is 27.1. The lowest BCUT2D eigenvalue weighted by Crippen LogP contribution is -2.17. The molecule has 0 unspecified atom stereocenters. The molecule has 0 spiro atoms. The zero-order chi connectivity index (χ0) is 41.5. The predicted molar refractivity (Wildman–Crippen MR) is 233 cm³/mol. The molecule has 57 heavy (non-hydrogen) atoms. The lowest BCUT2D eigenvalue weighted by Gasteiger charge is -2.12. The van der Waals surface area contributed by atoms with Gasteiger partial charge in [-0.1, -0.05) is 59.6 Å². The van der Waals surface area contributed by atoms with Crippen LogP contribution >= 0.6 is 23.2 Å². The zero-order valence-corrected chi connectivity index (χ0v) is 34.4. The molecular formula is C37H48Cl2N18. The molecule has 6 rings (SSSR count). The van der Waals surface area contributed by atoms with Crippen LogP contribution in [0.4, 0.5) is 59.2 Å².